The fourth-order valence-corrected chi connectivity index (χ4v) is 5.81. The molecule has 11 heteroatoms. The molecule has 0 heterocycles. The highest BCUT2D eigenvalue weighted by Gasteiger charge is 2.33. The largest absolute Gasteiger partial charge is 0.495 e. The standard InChI is InChI=1S/C26H33Cl2N3O5S/c1-4-23(26(33)29-19-10-6-7-11-19)30(16-18-9-5-8-12-21(18)27)25(32)17-31(37(3,34)35)20-13-14-24(36-2)22(28)15-20/h5,8-9,12-15,19,23H,4,6-7,10-11,16-17H2,1-3H3,(H,29,33)/t23-/m0/s1. The van der Waals surface area contributed by atoms with Crippen molar-refractivity contribution in [3.8, 4) is 5.75 Å². The van der Waals surface area contributed by atoms with Gasteiger partial charge in [-0.3, -0.25) is 13.9 Å². The van der Waals surface area contributed by atoms with Gasteiger partial charge in [0.2, 0.25) is 21.8 Å². The van der Waals surface area contributed by atoms with Crippen molar-refractivity contribution in [2.45, 2.75) is 57.7 Å². The van der Waals surface area contributed by atoms with E-state index in [1.165, 1.54) is 30.2 Å². The van der Waals surface area contributed by atoms with Gasteiger partial charge in [0.25, 0.3) is 0 Å². The van der Waals surface area contributed by atoms with Crippen molar-refractivity contribution in [3.05, 3.63) is 58.1 Å². The maximum absolute atomic E-state index is 13.8. The van der Waals surface area contributed by atoms with Crippen LogP contribution in [0.1, 0.15) is 44.6 Å². The van der Waals surface area contributed by atoms with Gasteiger partial charge in [-0.1, -0.05) is 61.2 Å². The summed E-state index contributed by atoms with van der Waals surface area (Å²) in [5, 5.41) is 3.73. The summed E-state index contributed by atoms with van der Waals surface area (Å²) in [5.74, 6) is -0.418. The third kappa shape index (κ3) is 7.52. The van der Waals surface area contributed by atoms with Crippen LogP contribution in [0, 0.1) is 0 Å². The number of rotatable bonds is 11. The summed E-state index contributed by atoms with van der Waals surface area (Å²) >= 11 is 12.6. The summed E-state index contributed by atoms with van der Waals surface area (Å²) < 4.78 is 31.6. The number of anilines is 1. The molecule has 8 nitrogen and oxygen atoms in total. The van der Waals surface area contributed by atoms with Gasteiger partial charge in [0.15, 0.2) is 0 Å². The highest BCUT2D eigenvalue weighted by atomic mass is 35.5. The number of carbonyl (C=O) groups excluding carboxylic acids is 2. The van der Waals surface area contributed by atoms with E-state index < -0.39 is 28.5 Å². The maximum atomic E-state index is 13.8. The van der Waals surface area contributed by atoms with Crippen molar-refractivity contribution in [3.63, 3.8) is 0 Å². The molecule has 0 aliphatic heterocycles. The molecule has 1 aliphatic carbocycles. The number of nitrogens with one attached hydrogen (secondary N) is 1. The minimum absolute atomic E-state index is 0.0517. The Morgan fingerprint density at radius 1 is 1.11 bits per heavy atom. The van der Waals surface area contributed by atoms with Crippen LogP contribution >= 0.6 is 23.2 Å². The van der Waals surface area contributed by atoms with E-state index in [-0.39, 0.29) is 29.2 Å². The zero-order chi connectivity index (χ0) is 27.2. The van der Waals surface area contributed by atoms with Gasteiger partial charge in [-0.2, -0.15) is 0 Å². The highest BCUT2D eigenvalue weighted by Crippen LogP contribution is 2.30. The summed E-state index contributed by atoms with van der Waals surface area (Å²) in [6.07, 6.45) is 5.28. The predicted molar refractivity (Wildman–Crippen MR) is 147 cm³/mol. The van der Waals surface area contributed by atoms with Gasteiger partial charge in [-0.05, 0) is 49.1 Å². The Kier molecular flexibility index (Phi) is 10.1. The lowest BCUT2D eigenvalue weighted by molar-refractivity contribution is -0.140. The average molecular weight is 571 g/mol. The van der Waals surface area contributed by atoms with E-state index in [1.807, 2.05) is 6.92 Å². The van der Waals surface area contributed by atoms with Gasteiger partial charge in [-0.25, -0.2) is 8.42 Å². The first kappa shape index (κ1) is 29.1. The van der Waals surface area contributed by atoms with Crippen LogP contribution in [0.4, 0.5) is 5.69 Å². The summed E-state index contributed by atoms with van der Waals surface area (Å²) in [6, 6.07) is 10.8. The van der Waals surface area contributed by atoms with Gasteiger partial charge in [-0.15, -0.1) is 0 Å². The van der Waals surface area contributed by atoms with E-state index in [1.54, 1.807) is 24.3 Å². The molecule has 37 heavy (non-hydrogen) atoms. The van der Waals surface area contributed by atoms with E-state index in [4.69, 9.17) is 27.9 Å². The molecule has 0 aromatic heterocycles. The first-order valence-electron chi connectivity index (χ1n) is 12.2. The zero-order valence-electron chi connectivity index (χ0n) is 21.2. The third-order valence-corrected chi connectivity index (χ3v) is 8.29. The number of nitrogens with zero attached hydrogens (tertiary/aromatic N) is 2. The molecule has 202 valence electrons. The fraction of sp³-hybridized carbons (Fsp3) is 0.462. The van der Waals surface area contributed by atoms with Crippen LogP contribution in [0.2, 0.25) is 10.0 Å². The molecular weight excluding hydrogens is 537 g/mol. The lowest BCUT2D eigenvalue weighted by Gasteiger charge is -2.33. The number of halogens is 2. The monoisotopic (exact) mass is 569 g/mol. The number of ether oxygens (including phenoxy) is 1. The zero-order valence-corrected chi connectivity index (χ0v) is 23.6. The number of benzene rings is 2. The molecule has 0 radical (unpaired) electrons. The van der Waals surface area contributed by atoms with Gasteiger partial charge in [0, 0.05) is 17.6 Å². The van der Waals surface area contributed by atoms with Crippen molar-refractivity contribution < 1.29 is 22.7 Å². The Hall–Kier alpha value is -2.49. The number of methoxy groups -OCH3 is 1. The summed E-state index contributed by atoms with van der Waals surface area (Å²) in [7, 11) is -2.42. The second-order valence-corrected chi connectivity index (χ2v) is 11.8. The molecule has 0 saturated heterocycles. The predicted octanol–water partition coefficient (Wildman–Crippen LogP) is 4.63. The molecule has 3 rings (SSSR count). The molecule has 0 spiro atoms. The molecule has 0 bridgehead atoms. The highest BCUT2D eigenvalue weighted by molar-refractivity contribution is 7.92. The third-order valence-electron chi connectivity index (χ3n) is 6.49. The second kappa shape index (κ2) is 12.8. The first-order valence-corrected chi connectivity index (χ1v) is 14.8. The number of hydrogen-bond acceptors (Lipinski definition) is 5. The Morgan fingerprint density at radius 3 is 2.35 bits per heavy atom. The topological polar surface area (TPSA) is 96.0 Å². The Morgan fingerprint density at radius 2 is 1.78 bits per heavy atom. The lowest BCUT2D eigenvalue weighted by atomic mass is 10.1. The molecule has 2 aromatic rings. The maximum Gasteiger partial charge on any atom is 0.244 e. The van der Waals surface area contributed by atoms with Gasteiger partial charge in [0.1, 0.15) is 18.3 Å². The van der Waals surface area contributed by atoms with Crippen molar-refractivity contribution in [2.24, 2.45) is 0 Å². The Labute approximate surface area is 228 Å². The van der Waals surface area contributed by atoms with Crippen LogP contribution in [0.25, 0.3) is 0 Å². The van der Waals surface area contributed by atoms with E-state index in [9.17, 15) is 18.0 Å². The number of amides is 2. The van der Waals surface area contributed by atoms with Crippen molar-refractivity contribution >= 4 is 50.7 Å². The van der Waals surface area contributed by atoms with Crippen molar-refractivity contribution in [1.29, 1.82) is 0 Å². The minimum Gasteiger partial charge on any atom is -0.495 e. The fourth-order valence-electron chi connectivity index (χ4n) is 4.52. The molecule has 1 atom stereocenters. The van der Waals surface area contributed by atoms with Gasteiger partial charge >= 0.3 is 0 Å². The van der Waals surface area contributed by atoms with Crippen molar-refractivity contribution in [1.82, 2.24) is 10.2 Å². The molecule has 2 aromatic carbocycles. The van der Waals surface area contributed by atoms with Crippen LogP contribution in [-0.2, 0) is 26.2 Å². The van der Waals surface area contributed by atoms with Gasteiger partial charge in [0.05, 0.1) is 24.1 Å². The van der Waals surface area contributed by atoms with Crippen LogP contribution in [-0.4, -0.2) is 57.1 Å². The Bertz CT molecular complexity index is 1220. The van der Waals surface area contributed by atoms with Crippen LogP contribution in [0.3, 0.4) is 0 Å². The quantitative estimate of drug-likeness (QED) is 0.425. The molecular formula is C26H33Cl2N3O5S. The summed E-state index contributed by atoms with van der Waals surface area (Å²) in [6.45, 7) is 1.36. The average Bonchev–Trinajstić information content (AvgIpc) is 3.35. The number of sulfonamides is 1. The molecule has 1 N–H and O–H groups in total. The van der Waals surface area contributed by atoms with Crippen LogP contribution in [0.15, 0.2) is 42.5 Å². The van der Waals surface area contributed by atoms with Gasteiger partial charge < -0.3 is 15.0 Å². The molecule has 1 fully saturated rings. The smallest absolute Gasteiger partial charge is 0.244 e. The van der Waals surface area contributed by atoms with E-state index in [0.717, 1.165) is 36.2 Å². The van der Waals surface area contributed by atoms with Crippen LogP contribution < -0.4 is 14.4 Å². The molecule has 1 saturated carbocycles. The first-order chi connectivity index (χ1) is 17.5. The lowest BCUT2D eigenvalue weighted by Crippen LogP contribution is -2.53. The van der Waals surface area contributed by atoms with E-state index in [2.05, 4.69) is 5.32 Å². The number of carbonyl (C=O) groups is 2. The SMILES string of the molecule is CC[C@@H](C(=O)NC1CCCC1)N(Cc1ccccc1Cl)C(=O)CN(c1ccc(OC)c(Cl)c1)S(C)(=O)=O. The Balaban J connectivity index is 1.95. The molecule has 1 aliphatic rings. The summed E-state index contributed by atoms with van der Waals surface area (Å²) in [4.78, 5) is 28.5. The number of hydrogen-bond donors (Lipinski definition) is 1. The van der Waals surface area contributed by atoms with Crippen LogP contribution in [0.5, 0.6) is 5.75 Å². The van der Waals surface area contributed by atoms with E-state index in [0.29, 0.717) is 22.8 Å². The second-order valence-electron chi connectivity index (χ2n) is 9.12. The van der Waals surface area contributed by atoms with E-state index >= 15 is 0 Å². The normalized spacial score (nSPS) is 14.7. The summed E-state index contributed by atoms with van der Waals surface area (Å²) in [5.41, 5.74) is 0.867. The molecule has 2 amide bonds. The molecule has 0 unspecified atom stereocenters. The van der Waals surface area contributed by atoms with Crippen molar-refractivity contribution in [2.75, 3.05) is 24.2 Å². The minimum atomic E-state index is -3.88.